The summed E-state index contributed by atoms with van der Waals surface area (Å²) in [4.78, 5) is 15.5. The number of aromatic nitrogens is 1. The zero-order chi connectivity index (χ0) is 14.4. The Kier molecular flexibility index (Phi) is 4.68. The number of nitrogens with zero attached hydrogens (tertiary/aromatic N) is 1. The predicted octanol–water partition coefficient (Wildman–Crippen LogP) is 1.85. The molecule has 0 fully saturated rings. The topological polar surface area (TPSA) is 75.4 Å². The molecule has 0 bridgehead atoms. The second-order valence-corrected chi connectivity index (χ2v) is 4.32. The first-order valence-corrected chi connectivity index (χ1v) is 6.25. The lowest BCUT2D eigenvalue weighted by molar-refractivity contribution is -0.116. The van der Waals surface area contributed by atoms with Gasteiger partial charge in [0.05, 0.1) is 6.10 Å². The maximum atomic E-state index is 11.6. The smallest absolute Gasteiger partial charge is 0.244 e. The zero-order valence-corrected chi connectivity index (χ0v) is 11.1. The van der Waals surface area contributed by atoms with Crippen LogP contribution in [0.25, 0.3) is 6.08 Å². The number of amides is 1. The number of hydrogen-bond donors (Lipinski definition) is 2. The van der Waals surface area contributed by atoms with E-state index in [2.05, 4.69) is 10.3 Å². The molecule has 1 unspecified atom stereocenters. The van der Waals surface area contributed by atoms with Gasteiger partial charge in [0.1, 0.15) is 11.5 Å². The van der Waals surface area contributed by atoms with Gasteiger partial charge in [0.25, 0.3) is 0 Å². The fourth-order valence-electron chi connectivity index (χ4n) is 1.66. The van der Waals surface area contributed by atoms with Gasteiger partial charge in [-0.2, -0.15) is 0 Å². The van der Waals surface area contributed by atoms with Crippen LogP contribution in [-0.2, 0) is 4.79 Å². The van der Waals surface area contributed by atoms with E-state index >= 15 is 0 Å². The minimum atomic E-state index is -0.749. The van der Waals surface area contributed by atoms with E-state index in [0.29, 0.717) is 11.3 Å². The Balaban J connectivity index is 1.82. The van der Waals surface area contributed by atoms with Crippen molar-refractivity contribution < 1.29 is 14.3 Å². The summed E-state index contributed by atoms with van der Waals surface area (Å²) in [7, 11) is 0. The molecule has 0 aromatic carbocycles. The molecular formula is C15H16N2O3. The molecule has 0 saturated heterocycles. The fourth-order valence-corrected chi connectivity index (χ4v) is 1.66. The SMILES string of the molecule is Cc1ccc(/C=C/C(=O)NCC(O)c2ccncc2)o1. The van der Waals surface area contributed by atoms with Crippen LogP contribution >= 0.6 is 0 Å². The first kappa shape index (κ1) is 14.0. The van der Waals surface area contributed by atoms with Gasteiger partial charge in [-0.1, -0.05) is 0 Å². The molecule has 1 atom stereocenters. The molecule has 1 amide bonds. The summed E-state index contributed by atoms with van der Waals surface area (Å²) in [6.45, 7) is 1.98. The number of aliphatic hydroxyl groups excluding tert-OH is 1. The molecule has 5 nitrogen and oxygen atoms in total. The average molecular weight is 272 g/mol. The van der Waals surface area contributed by atoms with Gasteiger partial charge in [0, 0.05) is 25.0 Å². The van der Waals surface area contributed by atoms with E-state index in [4.69, 9.17) is 4.42 Å². The van der Waals surface area contributed by atoms with Crippen LogP contribution in [-0.4, -0.2) is 22.5 Å². The molecular weight excluding hydrogens is 256 g/mol. The van der Waals surface area contributed by atoms with Crippen LogP contribution in [0.15, 0.2) is 47.2 Å². The van der Waals surface area contributed by atoms with Crippen molar-refractivity contribution in [3.63, 3.8) is 0 Å². The lowest BCUT2D eigenvalue weighted by Gasteiger charge is -2.10. The second-order valence-electron chi connectivity index (χ2n) is 4.32. The minimum Gasteiger partial charge on any atom is -0.462 e. The molecule has 0 radical (unpaired) electrons. The molecule has 2 rings (SSSR count). The fraction of sp³-hybridized carbons (Fsp3) is 0.200. The number of hydrogen-bond acceptors (Lipinski definition) is 4. The van der Waals surface area contributed by atoms with E-state index < -0.39 is 6.10 Å². The largest absolute Gasteiger partial charge is 0.462 e. The highest BCUT2D eigenvalue weighted by Crippen LogP contribution is 2.10. The number of furan rings is 1. The number of nitrogens with one attached hydrogen (secondary N) is 1. The molecule has 0 aliphatic carbocycles. The monoisotopic (exact) mass is 272 g/mol. The van der Waals surface area contributed by atoms with E-state index in [9.17, 15) is 9.90 Å². The van der Waals surface area contributed by atoms with Gasteiger partial charge < -0.3 is 14.8 Å². The third kappa shape index (κ3) is 4.07. The standard InChI is InChI=1S/C15H16N2O3/c1-11-2-3-13(20-11)4-5-15(19)17-10-14(18)12-6-8-16-9-7-12/h2-9,14,18H,10H2,1H3,(H,17,19)/b5-4+. The van der Waals surface area contributed by atoms with Gasteiger partial charge in [-0.25, -0.2) is 0 Å². The van der Waals surface area contributed by atoms with Gasteiger partial charge in [0.2, 0.25) is 5.91 Å². The number of aryl methyl sites for hydroxylation is 1. The lowest BCUT2D eigenvalue weighted by Crippen LogP contribution is -2.26. The Morgan fingerprint density at radius 2 is 2.15 bits per heavy atom. The van der Waals surface area contributed by atoms with Crippen LogP contribution in [0.2, 0.25) is 0 Å². The second kappa shape index (κ2) is 6.68. The Labute approximate surface area is 117 Å². The van der Waals surface area contributed by atoms with Crippen LogP contribution < -0.4 is 5.32 Å². The normalized spacial score (nSPS) is 12.5. The Hall–Kier alpha value is -2.40. The minimum absolute atomic E-state index is 0.143. The molecule has 0 aliphatic heterocycles. The lowest BCUT2D eigenvalue weighted by atomic mass is 10.1. The van der Waals surface area contributed by atoms with E-state index in [-0.39, 0.29) is 12.5 Å². The molecule has 0 saturated carbocycles. The maximum Gasteiger partial charge on any atom is 0.244 e. The van der Waals surface area contributed by atoms with Crippen LogP contribution in [0.1, 0.15) is 23.2 Å². The van der Waals surface area contributed by atoms with Crippen LogP contribution in [0.5, 0.6) is 0 Å². The number of carbonyl (C=O) groups excluding carboxylic acids is 1. The molecule has 5 heteroatoms. The summed E-state index contributed by atoms with van der Waals surface area (Å²) in [5, 5.41) is 12.5. The summed E-state index contributed by atoms with van der Waals surface area (Å²) in [6, 6.07) is 7.02. The van der Waals surface area contributed by atoms with E-state index in [0.717, 1.165) is 5.76 Å². The third-order valence-electron chi connectivity index (χ3n) is 2.72. The van der Waals surface area contributed by atoms with Gasteiger partial charge in [-0.3, -0.25) is 9.78 Å². The third-order valence-corrected chi connectivity index (χ3v) is 2.72. The van der Waals surface area contributed by atoms with Gasteiger partial charge in [0.15, 0.2) is 0 Å². The zero-order valence-electron chi connectivity index (χ0n) is 11.1. The molecule has 0 spiro atoms. The molecule has 2 aromatic heterocycles. The quantitative estimate of drug-likeness (QED) is 0.814. The molecule has 2 heterocycles. The van der Waals surface area contributed by atoms with Crippen molar-refractivity contribution in [3.05, 3.63) is 59.8 Å². The summed E-state index contributed by atoms with van der Waals surface area (Å²) < 4.78 is 5.31. The number of rotatable bonds is 5. The van der Waals surface area contributed by atoms with Crippen molar-refractivity contribution in [1.82, 2.24) is 10.3 Å². The average Bonchev–Trinajstić information content (AvgIpc) is 2.89. The number of pyridine rings is 1. The van der Waals surface area contributed by atoms with Gasteiger partial charge >= 0.3 is 0 Å². The predicted molar refractivity (Wildman–Crippen MR) is 74.7 cm³/mol. The number of carbonyl (C=O) groups is 1. The van der Waals surface area contributed by atoms with Crippen molar-refractivity contribution in [1.29, 1.82) is 0 Å². The number of aliphatic hydroxyl groups is 1. The van der Waals surface area contributed by atoms with Crippen LogP contribution in [0.3, 0.4) is 0 Å². The van der Waals surface area contributed by atoms with Crippen molar-refractivity contribution in [2.45, 2.75) is 13.0 Å². The first-order chi connectivity index (χ1) is 9.65. The summed E-state index contributed by atoms with van der Waals surface area (Å²) in [6.07, 6.45) is 5.40. The highest BCUT2D eigenvalue weighted by Gasteiger charge is 2.07. The van der Waals surface area contributed by atoms with Crippen LogP contribution in [0.4, 0.5) is 0 Å². The first-order valence-electron chi connectivity index (χ1n) is 6.25. The maximum absolute atomic E-state index is 11.6. The highest BCUT2D eigenvalue weighted by molar-refractivity contribution is 5.91. The Morgan fingerprint density at radius 1 is 1.40 bits per heavy atom. The summed E-state index contributed by atoms with van der Waals surface area (Å²) in [5.74, 6) is 1.12. The van der Waals surface area contributed by atoms with Crippen molar-refractivity contribution in [2.75, 3.05) is 6.54 Å². The molecule has 2 aromatic rings. The summed E-state index contributed by atoms with van der Waals surface area (Å²) in [5.41, 5.74) is 0.714. The van der Waals surface area contributed by atoms with Crippen LogP contribution in [0, 0.1) is 6.92 Å². The van der Waals surface area contributed by atoms with Crippen molar-refractivity contribution in [3.8, 4) is 0 Å². The summed E-state index contributed by atoms with van der Waals surface area (Å²) >= 11 is 0. The van der Waals surface area contributed by atoms with E-state index in [1.807, 2.05) is 13.0 Å². The Morgan fingerprint density at radius 3 is 2.80 bits per heavy atom. The van der Waals surface area contributed by atoms with Gasteiger partial charge in [-0.05, 0) is 42.8 Å². The molecule has 0 aliphatic rings. The molecule has 2 N–H and O–H groups in total. The van der Waals surface area contributed by atoms with E-state index in [1.54, 1.807) is 36.7 Å². The molecule has 20 heavy (non-hydrogen) atoms. The highest BCUT2D eigenvalue weighted by atomic mass is 16.3. The van der Waals surface area contributed by atoms with Crippen molar-refractivity contribution in [2.24, 2.45) is 0 Å². The molecule has 104 valence electrons. The Bertz CT molecular complexity index is 590. The van der Waals surface area contributed by atoms with Crippen molar-refractivity contribution >= 4 is 12.0 Å². The van der Waals surface area contributed by atoms with Gasteiger partial charge in [-0.15, -0.1) is 0 Å². The van der Waals surface area contributed by atoms with E-state index in [1.165, 1.54) is 6.08 Å².